The van der Waals surface area contributed by atoms with Crippen LogP contribution in [0.3, 0.4) is 0 Å². The van der Waals surface area contributed by atoms with Crippen LogP contribution in [-0.4, -0.2) is 19.1 Å². The number of anilines is 2. The van der Waals surface area contributed by atoms with Crippen LogP contribution in [0.4, 0.5) is 11.4 Å². The summed E-state index contributed by atoms with van der Waals surface area (Å²) in [5.41, 5.74) is 6.60. The molecule has 0 aliphatic carbocycles. The number of nitrogens with two attached hydrogens (primary N) is 1. The topological polar surface area (TPSA) is 55.6 Å². The molecule has 6 heteroatoms. The molecule has 17 heavy (non-hydrogen) atoms. The summed E-state index contributed by atoms with van der Waals surface area (Å²) in [7, 11) is 1.66. The van der Waals surface area contributed by atoms with Gasteiger partial charge < -0.3 is 15.4 Å². The molecule has 4 nitrogen and oxygen atoms in total. The van der Waals surface area contributed by atoms with E-state index in [1.165, 1.54) is 4.90 Å². The molecule has 1 aliphatic rings. The first-order valence-electron chi connectivity index (χ1n) is 5.12. The normalized spacial score (nSPS) is 19.6. The van der Waals surface area contributed by atoms with E-state index < -0.39 is 0 Å². The van der Waals surface area contributed by atoms with Crippen molar-refractivity contribution in [2.75, 3.05) is 17.7 Å². The Morgan fingerprint density at radius 1 is 1.47 bits per heavy atom. The van der Waals surface area contributed by atoms with Crippen molar-refractivity contribution in [3.05, 3.63) is 16.1 Å². The molecule has 92 valence electrons. The average molecular weight is 275 g/mol. The number of benzene rings is 1. The van der Waals surface area contributed by atoms with Crippen LogP contribution < -0.4 is 15.4 Å². The molecule has 0 aromatic heterocycles. The van der Waals surface area contributed by atoms with Crippen molar-refractivity contribution in [1.29, 1.82) is 0 Å². The fourth-order valence-corrected chi connectivity index (χ4v) is 2.13. The maximum Gasteiger partial charge on any atom is 0.230 e. The smallest absolute Gasteiger partial charge is 0.230 e. The van der Waals surface area contributed by atoms with Gasteiger partial charge in [0.15, 0.2) is 5.75 Å². The molecule has 1 aliphatic heterocycles. The lowest BCUT2D eigenvalue weighted by Crippen LogP contribution is -2.27. The summed E-state index contributed by atoms with van der Waals surface area (Å²) in [5, 5.41) is 0.496. The Kier molecular flexibility index (Phi) is 3.10. The molecule has 0 spiro atoms. The van der Waals surface area contributed by atoms with E-state index in [0.29, 0.717) is 23.5 Å². The summed E-state index contributed by atoms with van der Waals surface area (Å²) >= 11 is 12.1. The first-order valence-corrected chi connectivity index (χ1v) is 5.88. The van der Waals surface area contributed by atoms with Crippen LogP contribution in [0.15, 0.2) is 6.07 Å². The minimum Gasteiger partial charge on any atom is -0.486 e. The zero-order chi connectivity index (χ0) is 12.7. The van der Waals surface area contributed by atoms with Gasteiger partial charge in [-0.1, -0.05) is 23.2 Å². The predicted octanol–water partition coefficient (Wildman–Crippen LogP) is 2.71. The molecule has 0 radical (unpaired) electrons. The zero-order valence-electron chi connectivity index (χ0n) is 9.46. The Balaban J connectivity index is 2.65. The van der Waals surface area contributed by atoms with Crippen molar-refractivity contribution in [3.63, 3.8) is 0 Å². The zero-order valence-corrected chi connectivity index (χ0v) is 11.0. The Morgan fingerprint density at radius 3 is 2.76 bits per heavy atom. The highest BCUT2D eigenvalue weighted by molar-refractivity contribution is 6.45. The summed E-state index contributed by atoms with van der Waals surface area (Å²) in [6.45, 7) is 1.81. The van der Waals surface area contributed by atoms with E-state index in [0.717, 1.165) is 0 Å². The Hall–Kier alpha value is -1.13. The van der Waals surface area contributed by atoms with Gasteiger partial charge in [-0.2, -0.15) is 0 Å². The van der Waals surface area contributed by atoms with Crippen molar-refractivity contribution in [2.45, 2.75) is 19.4 Å². The molecule has 1 atom stereocenters. The van der Waals surface area contributed by atoms with Gasteiger partial charge in [-0.15, -0.1) is 0 Å². The molecule has 0 saturated carbocycles. The third-order valence-corrected chi connectivity index (χ3v) is 3.55. The number of carbonyl (C=O) groups excluding carboxylic acids is 1. The van der Waals surface area contributed by atoms with Gasteiger partial charge in [0, 0.05) is 7.05 Å². The standard InChI is InChI=1S/C11H12Cl2N2O2/c1-5-3-8(16)15(2)7-4-6(14)9(12)10(13)11(7)17-5/h4-5H,3,14H2,1-2H3. The van der Waals surface area contributed by atoms with Crippen molar-refractivity contribution in [1.82, 2.24) is 0 Å². The second-order valence-electron chi connectivity index (χ2n) is 4.03. The van der Waals surface area contributed by atoms with Gasteiger partial charge in [-0.3, -0.25) is 4.79 Å². The van der Waals surface area contributed by atoms with Gasteiger partial charge in [0.25, 0.3) is 0 Å². The third-order valence-electron chi connectivity index (χ3n) is 2.69. The number of nitrogen functional groups attached to an aromatic ring is 1. The molecule has 0 fully saturated rings. The van der Waals surface area contributed by atoms with E-state index >= 15 is 0 Å². The summed E-state index contributed by atoms with van der Waals surface area (Å²) in [6.07, 6.45) is 0.0438. The first kappa shape index (κ1) is 12.3. The number of hydrogen-bond acceptors (Lipinski definition) is 3. The summed E-state index contributed by atoms with van der Waals surface area (Å²) in [5.74, 6) is 0.362. The van der Waals surface area contributed by atoms with Crippen LogP contribution in [0, 0.1) is 0 Å². The first-order chi connectivity index (χ1) is 7.91. The maximum absolute atomic E-state index is 11.8. The maximum atomic E-state index is 11.8. The Morgan fingerprint density at radius 2 is 2.12 bits per heavy atom. The molecule has 2 N–H and O–H groups in total. The van der Waals surface area contributed by atoms with Crippen LogP contribution in [0.25, 0.3) is 0 Å². The van der Waals surface area contributed by atoms with E-state index in [1.54, 1.807) is 20.0 Å². The van der Waals surface area contributed by atoms with Crippen molar-refractivity contribution in [2.24, 2.45) is 0 Å². The number of rotatable bonds is 0. The van der Waals surface area contributed by atoms with Crippen molar-refractivity contribution >= 4 is 40.5 Å². The molecular formula is C11H12Cl2N2O2. The molecule has 1 amide bonds. The van der Waals surface area contributed by atoms with Crippen LogP contribution in [0.5, 0.6) is 5.75 Å². The highest BCUT2D eigenvalue weighted by Crippen LogP contribution is 2.45. The fourth-order valence-electron chi connectivity index (χ4n) is 1.74. The molecule has 1 aromatic rings. The Labute approximate surface area is 109 Å². The van der Waals surface area contributed by atoms with Crippen LogP contribution in [0.1, 0.15) is 13.3 Å². The van der Waals surface area contributed by atoms with Gasteiger partial charge in [-0.25, -0.2) is 0 Å². The van der Waals surface area contributed by atoms with Crippen LogP contribution in [0.2, 0.25) is 10.0 Å². The van der Waals surface area contributed by atoms with Crippen molar-refractivity contribution in [3.8, 4) is 5.75 Å². The monoisotopic (exact) mass is 274 g/mol. The number of amides is 1. The Bertz CT molecular complexity index is 491. The molecule has 1 unspecified atom stereocenters. The van der Waals surface area contributed by atoms with Gasteiger partial charge in [-0.05, 0) is 13.0 Å². The number of fused-ring (bicyclic) bond motifs is 1. The molecule has 2 rings (SSSR count). The second-order valence-corrected chi connectivity index (χ2v) is 4.78. The molecule has 0 bridgehead atoms. The average Bonchev–Trinajstić information content (AvgIpc) is 2.37. The lowest BCUT2D eigenvalue weighted by atomic mass is 10.2. The van der Waals surface area contributed by atoms with E-state index in [9.17, 15) is 4.79 Å². The predicted molar refractivity (Wildman–Crippen MR) is 69.0 cm³/mol. The number of halogens is 2. The summed E-state index contributed by atoms with van der Waals surface area (Å²) in [6, 6.07) is 1.60. The highest BCUT2D eigenvalue weighted by Gasteiger charge is 2.28. The minimum absolute atomic E-state index is 0.0472. The lowest BCUT2D eigenvalue weighted by molar-refractivity contribution is -0.119. The number of hydrogen-bond donors (Lipinski definition) is 1. The fraction of sp³-hybridized carbons (Fsp3) is 0.364. The van der Waals surface area contributed by atoms with Gasteiger partial charge in [0.05, 0.1) is 22.8 Å². The van der Waals surface area contributed by atoms with Gasteiger partial charge in [0.2, 0.25) is 5.91 Å². The van der Waals surface area contributed by atoms with E-state index in [4.69, 9.17) is 33.7 Å². The second kappa shape index (κ2) is 4.27. The van der Waals surface area contributed by atoms with Gasteiger partial charge >= 0.3 is 0 Å². The molecule has 1 aromatic carbocycles. The highest BCUT2D eigenvalue weighted by atomic mass is 35.5. The summed E-state index contributed by atoms with van der Waals surface area (Å²) in [4.78, 5) is 13.3. The largest absolute Gasteiger partial charge is 0.486 e. The quantitative estimate of drug-likeness (QED) is 0.740. The van der Waals surface area contributed by atoms with Crippen LogP contribution in [-0.2, 0) is 4.79 Å². The van der Waals surface area contributed by atoms with E-state index in [-0.39, 0.29) is 22.1 Å². The van der Waals surface area contributed by atoms with Gasteiger partial charge in [0.1, 0.15) is 11.1 Å². The molecule has 0 saturated heterocycles. The SMILES string of the molecule is CC1CC(=O)N(C)c2cc(N)c(Cl)c(Cl)c2O1. The minimum atomic E-state index is -0.247. The van der Waals surface area contributed by atoms with Crippen molar-refractivity contribution < 1.29 is 9.53 Å². The van der Waals surface area contributed by atoms with E-state index in [1.807, 2.05) is 0 Å². The molecule has 1 heterocycles. The number of carbonyl (C=O) groups is 1. The lowest BCUT2D eigenvalue weighted by Gasteiger charge is -2.18. The number of nitrogens with zero attached hydrogens (tertiary/aromatic N) is 1. The molecular weight excluding hydrogens is 263 g/mol. The number of ether oxygens (including phenoxy) is 1. The van der Waals surface area contributed by atoms with E-state index in [2.05, 4.69) is 0 Å². The van der Waals surface area contributed by atoms with Crippen LogP contribution >= 0.6 is 23.2 Å². The summed E-state index contributed by atoms with van der Waals surface area (Å²) < 4.78 is 5.63. The third kappa shape index (κ3) is 2.03.